The topological polar surface area (TPSA) is 47.6 Å². The van der Waals surface area contributed by atoms with Crippen molar-refractivity contribution >= 4 is 23.0 Å². The molecule has 0 amide bonds. The molecule has 1 rings (SSSR count). The number of rotatable bonds is 0. The summed E-state index contributed by atoms with van der Waals surface area (Å²) in [7, 11) is 0. The van der Waals surface area contributed by atoms with E-state index in [9.17, 15) is 0 Å². The molecule has 0 spiro atoms. The highest BCUT2D eigenvalue weighted by Gasteiger charge is 2.09. The van der Waals surface area contributed by atoms with Gasteiger partial charge in [0.2, 0.25) is 0 Å². The van der Waals surface area contributed by atoms with E-state index in [1.807, 2.05) is 6.92 Å². The summed E-state index contributed by atoms with van der Waals surface area (Å²) >= 11 is 0. The number of hydrogen-bond donors (Lipinski definition) is 1. The van der Waals surface area contributed by atoms with Gasteiger partial charge in [0.05, 0.1) is 6.54 Å². The summed E-state index contributed by atoms with van der Waals surface area (Å²) in [5, 5.41) is 0. The van der Waals surface area contributed by atoms with Gasteiger partial charge in [0.25, 0.3) is 6.02 Å². The first-order chi connectivity index (χ1) is 3.29. The molecule has 0 aliphatic carbocycles. The van der Waals surface area contributed by atoms with Gasteiger partial charge >= 0.3 is 0 Å². The fraction of sp³-hybridized carbons (Fsp3) is 0.750. The van der Waals surface area contributed by atoms with E-state index in [1.165, 1.54) is 0 Å². The van der Waals surface area contributed by atoms with Crippen LogP contribution >= 0.6 is 17.0 Å². The standard InChI is InChI=1S/C4H8N2O.BrH/c1-3-2-6-4(5)7-3;/h3H,2H2,1H3,(H2,5,6);1H. The van der Waals surface area contributed by atoms with Crippen LogP contribution in [-0.2, 0) is 4.74 Å². The first-order valence-electron chi connectivity index (χ1n) is 2.25. The van der Waals surface area contributed by atoms with Gasteiger partial charge in [0, 0.05) is 0 Å². The molecule has 0 saturated carbocycles. The maximum atomic E-state index is 5.15. The average molecular weight is 181 g/mol. The number of nitrogens with zero attached hydrogens (tertiary/aromatic N) is 1. The fourth-order valence-electron chi connectivity index (χ4n) is 0.499. The van der Waals surface area contributed by atoms with E-state index in [0.717, 1.165) is 0 Å². The van der Waals surface area contributed by atoms with Crippen LogP contribution in [0, 0.1) is 0 Å². The van der Waals surface area contributed by atoms with Gasteiger partial charge in [-0.25, -0.2) is 4.99 Å². The third-order valence-corrected chi connectivity index (χ3v) is 0.826. The Kier molecular flexibility index (Phi) is 2.82. The first-order valence-corrected chi connectivity index (χ1v) is 2.25. The highest BCUT2D eigenvalue weighted by molar-refractivity contribution is 8.93. The third-order valence-electron chi connectivity index (χ3n) is 0.826. The second kappa shape index (κ2) is 2.91. The summed E-state index contributed by atoms with van der Waals surface area (Å²) < 4.78 is 4.89. The molecule has 0 bridgehead atoms. The van der Waals surface area contributed by atoms with E-state index in [4.69, 9.17) is 10.5 Å². The predicted octanol–water partition coefficient (Wildman–Crippen LogP) is 0.298. The van der Waals surface area contributed by atoms with Crippen molar-refractivity contribution in [3.05, 3.63) is 0 Å². The van der Waals surface area contributed by atoms with Gasteiger partial charge in [-0.2, -0.15) is 0 Å². The van der Waals surface area contributed by atoms with Crippen molar-refractivity contribution < 1.29 is 4.74 Å². The van der Waals surface area contributed by atoms with Crippen molar-refractivity contribution in [2.45, 2.75) is 13.0 Å². The van der Waals surface area contributed by atoms with Gasteiger partial charge in [-0.1, -0.05) is 0 Å². The van der Waals surface area contributed by atoms with Crippen molar-refractivity contribution in [3.8, 4) is 0 Å². The molecule has 0 aromatic carbocycles. The minimum atomic E-state index is 0. The highest BCUT2D eigenvalue weighted by atomic mass is 79.9. The molecule has 0 aromatic rings. The molecule has 8 heavy (non-hydrogen) atoms. The Morgan fingerprint density at radius 2 is 2.50 bits per heavy atom. The van der Waals surface area contributed by atoms with Crippen molar-refractivity contribution in [1.82, 2.24) is 0 Å². The number of hydrogen-bond acceptors (Lipinski definition) is 3. The second-order valence-corrected chi connectivity index (χ2v) is 1.61. The lowest BCUT2D eigenvalue weighted by Gasteiger charge is -1.98. The molecule has 1 aliphatic heterocycles. The number of amidine groups is 1. The summed E-state index contributed by atoms with van der Waals surface area (Å²) in [5.41, 5.74) is 5.15. The van der Waals surface area contributed by atoms with Crippen LogP contribution in [0.15, 0.2) is 4.99 Å². The number of ether oxygens (including phenoxy) is 1. The molecule has 0 saturated heterocycles. The van der Waals surface area contributed by atoms with Crippen molar-refractivity contribution in [2.24, 2.45) is 10.7 Å². The SMILES string of the molecule is Br.CC1CN=C(N)O1. The van der Waals surface area contributed by atoms with Crippen LogP contribution < -0.4 is 5.73 Å². The summed E-state index contributed by atoms with van der Waals surface area (Å²) in [4.78, 5) is 3.79. The zero-order chi connectivity index (χ0) is 5.28. The van der Waals surface area contributed by atoms with Crippen LogP contribution in [0.4, 0.5) is 0 Å². The van der Waals surface area contributed by atoms with E-state index in [0.29, 0.717) is 12.6 Å². The fourth-order valence-corrected chi connectivity index (χ4v) is 0.499. The molecule has 0 fully saturated rings. The Labute approximate surface area is 58.7 Å². The molecular formula is C4H9BrN2O. The Hall–Kier alpha value is -0.250. The van der Waals surface area contributed by atoms with E-state index < -0.39 is 0 Å². The van der Waals surface area contributed by atoms with Crippen LogP contribution in [0.25, 0.3) is 0 Å². The lowest BCUT2D eigenvalue weighted by molar-refractivity contribution is 0.242. The molecule has 0 radical (unpaired) electrons. The Morgan fingerprint density at radius 3 is 2.62 bits per heavy atom. The van der Waals surface area contributed by atoms with Gasteiger partial charge in [0.15, 0.2) is 0 Å². The van der Waals surface area contributed by atoms with Crippen LogP contribution in [-0.4, -0.2) is 18.7 Å². The predicted molar refractivity (Wildman–Crippen MR) is 37.4 cm³/mol. The molecule has 3 nitrogen and oxygen atoms in total. The van der Waals surface area contributed by atoms with E-state index in [1.54, 1.807) is 0 Å². The van der Waals surface area contributed by atoms with E-state index >= 15 is 0 Å². The van der Waals surface area contributed by atoms with Crippen molar-refractivity contribution in [1.29, 1.82) is 0 Å². The largest absolute Gasteiger partial charge is 0.460 e. The molecule has 1 heterocycles. The quantitative estimate of drug-likeness (QED) is 0.584. The van der Waals surface area contributed by atoms with E-state index in [-0.39, 0.29) is 23.1 Å². The number of aliphatic imine (C=N–C) groups is 1. The van der Waals surface area contributed by atoms with Gasteiger partial charge < -0.3 is 10.5 Å². The lowest BCUT2D eigenvalue weighted by Crippen LogP contribution is -2.14. The van der Waals surface area contributed by atoms with Crippen molar-refractivity contribution in [2.75, 3.05) is 6.54 Å². The Bertz CT molecular complexity index is 104. The van der Waals surface area contributed by atoms with Crippen molar-refractivity contribution in [3.63, 3.8) is 0 Å². The van der Waals surface area contributed by atoms with Crippen LogP contribution in [0.2, 0.25) is 0 Å². The molecule has 1 atom stereocenters. The zero-order valence-corrected chi connectivity index (χ0v) is 6.34. The van der Waals surface area contributed by atoms with Gasteiger partial charge in [-0.3, -0.25) is 0 Å². The molecule has 1 aliphatic rings. The molecular weight excluding hydrogens is 172 g/mol. The van der Waals surface area contributed by atoms with Crippen LogP contribution in [0.3, 0.4) is 0 Å². The van der Waals surface area contributed by atoms with Crippen LogP contribution in [0.5, 0.6) is 0 Å². The monoisotopic (exact) mass is 180 g/mol. The Morgan fingerprint density at radius 1 is 1.88 bits per heavy atom. The molecule has 48 valence electrons. The van der Waals surface area contributed by atoms with Crippen LogP contribution in [0.1, 0.15) is 6.92 Å². The van der Waals surface area contributed by atoms with Gasteiger partial charge in [-0.05, 0) is 6.92 Å². The lowest BCUT2D eigenvalue weighted by atomic mass is 10.4. The minimum absolute atomic E-state index is 0. The second-order valence-electron chi connectivity index (χ2n) is 1.61. The zero-order valence-electron chi connectivity index (χ0n) is 4.63. The summed E-state index contributed by atoms with van der Waals surface area (Å²) in [6.45, 7) is 2.65. The van der Waals surface area contributed by atoms with E-state index in [2.05, 4.69) is 4.99 Å². The average Bonchev–Trinajstić information content (AvgIpc) is 1.87. The first kappa shape index (κ1) is 7.75. The third kappa shape index (κ3) is 1.69. The molecule has 0 aromatic heterocycles. The minimum Gasteiger partial charge on any atom is -0.460 e. The molecule has 2 N–H and O–H groups in total. The number of halogens is 1. The van der Waals surface area contributed by atoms with Gasteiger partial charge in [0.1, 0.15) is 6.10 Å². The maximum absolute atomic E-state index is 5.15. The smallest absolute Gasteiger partial charge is 0.282 e. The highest BCUT2D eigenvalue weighted by Crippen LogP contribution is 1.97. The summed E-state index contributed by atoms with van der Waals surface area (Å²) in [6.07, 6.45) is 0.194. The summed E-state index contributed by atoms with van der Waals surface area (Å²) in [6, 6.07) is 0.326. The number of nitrogens with two attached hydrogens (primary N) is 1. The molecule has 1 unspecified atom stereocenters. The summed E-state index contributed by atoms with van der Waals surface area (Å²) in [5.74, 6) is 0. The maximum Gasteiger partial charge on any atom is 0.282 e. The molecule has 4 heteroatoms. The normalized spacial score (nSPS) is 25.6. The van der Waals surface area contributed by atoms with Gasteiger partial charge in [-0.15, -0.1) is 17.0 Å². The Balaban J connectivity index is 0.000000490.